The van der Waals surface area contributed by atoms with Crippen LogP contribution in [0.3, 0.4) is 0 Å². The van der Waals surface area contributed by atoms with Crippen molar-refractivity contribution in [2.75, 3.05) is 6.61 Å². The third-order valence-electron chi connectivity index (χ3n) is 5.61. The van der Waals surface area contributed by atoms with Crippen molar-refractivity contribution in [2.45, 2.75) is 69.2 Å². The minimum absolute atomic E-state index is 0.172. The number of nitrogens with zero attached hydrogens (tertiary/aromatic N) is 1. The smallest absolute Gasteiger partial charge is 0.335 e. The number of para-hydroxylation sites is 1. The zero-order valence-corrected chi connectivity index (χ0v) is 17.6. The summed E-state index contributed by atoms with van der Waals surface area (Å²) < 4.78 is 12.1. The number of hydrogen-bond donors (Lipinski definition) is 6. The second kappa shape index (κ2) is 10.9. The summed E-state index contributed by atoms with van der Waals surface area (Å²) in [5.41, 5.74) is 0.988. The van der Waals surface area contributed by atoms with Crippen molar-refractivity contribution >= 4 is 16.9 Å². The molecule has 5 atom stereocenters. The number of aryl methyl sites for hydroxylation is 1. The molecular formula is C22H30NO9+. The Morgan fingerprint density at radius 2 is 1.69 bits per heavy atom. The Morgan fingerprint density at radius 1 is 1.00 bits per heavy atom. The van der Waals surface area contributed by atoms with Crippen LogP contribution in [0.1, 0.15) is 37.8 Å². The molecule has 1 aliphatic rings. The maximum absolute atomic E-state index is 11.4. The molecule has 0 aliphatic carbocycles. The number of unbranched alkanes of at least 4 members (excludes halogenated alkanes) is 4. The van der Waals surface area contributed by atoms with Gasteiger partial charge in [0, 0.05) is 23.8 Å². The number of aliphatic carboxylic acids is 1. The highest BCUT2D eigenvalue weighted by Crippen LogP contribution is 2.30. The van der Waals surface area contributed by atoms with E-state index in [1.165, 1.54) is 0 Å². The second-order valence-corrected chi connectivity index (χ2v) is 7.92. The minimum atomic E-state index is -1.81. The summed E-state index contributed by atoms with van der Waals surface area (Å²) >= 11 is 0. The van der Waals surface area contributed by atoms with E-state index in [-0.39, 0.29) is 12.4 Å². The van der Waals surface area contributed by atoms with Gasteiger partial charge in [-0.1, -0.05) is 31.4 Å². The van der Waals surface area contributed by atoms with Gasteiger partial charge in [0.1, 0.15) is 24.1 Å². The molecule has 10 heteroatoms. The van der Waals surface area contributed by atoms with E-state index in [4.69, 9.17) is 14.6 Å². The number of benzene rings is 1. The maximum Gasteiger partial charge on any atom is 0.335 e. The van der Waals surface area contributed by atoms with E-state index in [9.17, 15) is 30.4 Å². The van der Waals surface area contributed by atoms with Crippen molar-refractivity contribution in [2.24, 2.45) is 0 Å². The zero-order valence-electron chi connectivity index (χ0n) is 17.6. The number of aliphatic hydroxyl groups is 4. The first-order chi connectivity index (χ1) is 15.3. The third kappa shape index (κ3) is 5.28. The lowest BCUT2D eigenvalue weighted by Gasteiger charge is -2.38. The van der Waals surface area contributed by atoms with Crippen LogP contribution in [0.2, 0.25) is 0 Å². The predicted molar refractivity (Wildman–Crippen MR) is 110 cm³/mol. The van der Waals surface area contributed by atoms with Gasteiger partial charge in [0.05, 0.1) is 11.5 Å². The molecule has 1 aromatic heterocycles. The third-order valence-corrected chi connectivity index (χ3v) is 5.61. The van der Waals surface area contributed by atoms with Crippen molar-refractivity contribution in [1.82, 2.24) is 0 Å². The van der Waals surface area contributed by atoms with E-state index in [2.05, 4.69) is 0 Å². The number of aromatic nitrogens is 1. The number of aliphatic hydroxyl groups excluding tert-OH is 4. The standard InChI is InChI=1S/C22H29NO9/c24-11-7-3-1-2-4-8-13-12-16(14-9-5-6-10-15(14)23(13)30)31-22-19(27)17(25)18(26)20(32-22)21(28)29/h5-6,9-10,12,17-20,22,24-27H,1-4,7-8,11H2,(H-,28,29,30)/p+1/t17?,18-,19-,20?,22-/m1/s1. The van der Waals surface area contributed by atoms with Crippen LogP contribution in [0.15, 0.2) is 30.3 Å². The topological polar surface area (TPSA) is 161 Å². The van der Waals surface area contributed by atoms with Crippen LogP contribution in [0, 0.1) is 0 Å². The van der Waals surface area contributed by atoms with E-state index in [1.54, 1.807) is 30.3 Å². The van der Waals surface area contributed by atoms with Crippen molar-refractivity contribution in [3.8, 4) is 5.75 Å². The molecule has 0 bridgehead atoms. The fourth-order valence-corrected chi connectivity index (χ4v) is 3.81. The molecule has 0 radical (unpaired) electrons. The number of pyridine rings is 1. The number of fused-ring (bicyclic) bond motifs is 1. The molecule has 10 nitrogen and oxygen atoms in total. The molecule has 1 aliphatic heterocycles. The molecule has 0 saturated carbocycles. The highest BCUT2D eigenvalue weighted by atomic mass is 16.7. The second-order valence-electron chi connectivity index (χ2n) is 7.92. The lowest BCUT2D eigenvalue weighted by atomic mass is 9.99. The van der Waals surface area contributed by atoms with Gasteiger partial charge in [0.2, 0.25) is 12.0 Å². The van der Waals surface area contributed by atoms with Crippen molar-refractivity contribution in [3.63, 3.8) is 0 Å². The summed E-state index contributed by atoms with van der Waals surface area (Å²) in [5.74, 6) is -1.26. The Balaban J connectivity index is 1.83. The van der Waals surface area contributed by atoms with E-state index >= 15 is 0 Å². The van der Waals surface area contributed by atoms with Gasteiger partial charge >= 0.3 is 5.97 Å². The van der Waals surface area contributed by atoms with Crippen LogP contribution in [-0.2, 0) is 16.0 Å². The number of carboxylic acid groups (broad SMARTS) is 1. The average molecular weight is 452 g/mol. The van der Waals surface area contributed by atoms with E-state index in [0.717, 1.165) is 36.8 Å². The summed E-state index contributed by atoms with van der Waals surface area (Å²) in [4.78, 5) is 11.4. The van der Waals surface area contributed by atoms with Crippen molar-refractivity contribution in [1.29, 1.82) is 0 Å². The molecule has 2 heterocycles. The molecule has 3 rings (SSSR count). The summed E-state index contributed by atoms with van der Waals surface area (Å²) in [7, 11) is 0. The van der Waals surface area contributed by atoms with Crippen LogP contribution < -0.4 is 9.47 Å². The summed E-state index contributed by atoms with van der Waals surface area (Å²) in [5, 5.41) is 59.4. The van der Waals surface area contributed by atoms with Gasteiger partial charge in [0.15, 0.2) is 6.10 Å². The van der Waals surface area contributed by atoms with Crippen molar-refractivity contribution < 1.29 is 49.7 Å². The van der Waals surface area contributed by atoms with Crippen LogP contribution in [-0.4, -0.2) is 74.0 Å². The number of rotatable bonds is 10. The SMILES string of the molecule is O=C(O)C1O[C@@H](Oc2cc(CCCCCCCO)[n+](O)c3ccccc23)[C@H](O)C(O)[C@H]1O. The lowest BCUT2D eigenvalue weighted by molar-refractivity contribution is -0.889. The van der Waals surface area contributed by atoms with Gasteiger partial charge in [-0.2, -0.15) is 0 Å². The Morgan fingerprint density at radius 3 is 2.41 bits per heavy atom. The van der Waals surface area contributed by atoms with E-state index in [1.807, 2.05) is 0 Å². The molecule has 0 amide bonds. The summed E-state index contributed by atoms with van der Waals surface area (Å²) in [6.45, 7) is 0.172. The minimum Gasteiger partial charge on any atom is -0.479 e. The highest BCUT2D eigenvalue weighted by molar-refractivity contribution is 5.82. The first-order valence-corrected chi connectivity index (χ1v) is 10.7. The van der Waals surface area contributed by atoms with Gasteiger partial charge in [-0.05, 0) is 18.9 Å². The Labute approximate surface area is 184 Å². The molecule has 176 valence electrons. The fourth-order valence-electron chi connectivity index (χ4n) is 3.81. The van der Waals surface area contributed by atoms with E-state index in [0.29, 0.717) is 23.0 Å². The monoisotopic (exact) mass is 452 g/mol. The molecule has 1 aromatic carbocycles. The van der Waals surface area contributed by atoms with E-state index < -0.39 is 36.7 Å². The molecule has 2 unspecified atom stereocenters. The summed E-state index contributed by atoms with van der Waals surface area (Å²) in [6, 6.07) is 8.42. The molecule has 6 N–H and O–H groups in total. The van der Waals surface area contributed by atoms with Crippen LogP contribution in [0.5, 0.6) is 5.75 Å². The molecule has 1 saturated heterocycles. The molecule has 0 spiro atoms. The fraction of sp³-hybridized carbons (Fsp3) is 0.545. The number of carboxylic acids is 1. The van der Waals surface area contributed by atoms with Gasteiger partial charge in [-0.25, -0.2) is 4.79 Å². The highest BCUT2D eigenvalue weighted by Gasteiger charge is 2.48. The first kappa shape index (κ1) is 24.1. The normalized spacial score (nSPS) is 25.7. The number of hydrogen-bond acceptors (Lipinski definition) is 8. The van der Waals surface area contributed by atoms with Crippen LogP contribution in [0.25, 0.3) is 10.9 Å². The Bertz CT molecular complexity index is 922. The van der Waals surface area contributed by atoms with Gasteiger partial charge < -0.3 is 35.0 Å². The zero-order chi connectivity index (χ0) is 23.3. The Kier molecular flexibility index (Phi) is 8.21. The molecule has 2 aromatic rings. The molecular weight excluding hydrogens is 422 g/mol. The summed E-state index contributed by atoms with van der Waals surface area (Å²) in [6.07, 6.45) is -3.69. The predicted octanol–water partition coefficient (Wildman–Crippen LogP) is 0.121. The average Bonchev–Trinajstić information content (AvgIpc) is 2.78. The van der Waals surface area contributed by atoms with Crippen LogP contribution >= 0.6 is 0 Å². The van der Waals surface area contributed by atoms with Gasteiger partial charge in [-0.3, -0.25) is 5.21 Å². The number of ether oxygens (including phenoxy) is 2. The molecule has 32 heavy (non-hydrogen) atoms. The van der Waals surface area contributed by atoms with Crippen molar-refractivity contribution in [3.05, 3.63) is 36.0 Å². The quantitative estimate of drug-likeness (QED) is 0.167. The van der Waals surface area contributed by atoms with Gasteiger partial charge in [0.25, 0.3) is 5.52 Å². The Hall–Kier alpha value is -2.50. The maximum atomic E-state index is 11.4. The molecule has 1 fully saturated rings. The largest absolute Gasteiger partial charge is 0.479 e. The number of carbonyl (C=O) groups is 1. The van der Waals surface area contributed by atoms with Crippen LogP contribution in [0.4, 0.5) is 0 Å². The lowest BCUT2D eigenvalue weighted by Crippen LogP contribution is -2.61. The first-order valence-electron chi connectivity index (χ1n) is 10.7. The van der Waals surface area contributed by atoms with Gasteiger partial charge in [-0.15, -0.1) is 0 Å².